The standard InChI is InChI=1S/C22H19N3O3/c1-15(26)23-17-11-13-18(14-12-17)24-22(28)19-9-5-6-10-20(19)25-21(27)16-7-3-2-4-8-16/h2-14H,1H3,(H,23,26)(H,24,28)(H,25,27). The molecule has 28 heavy (non-hydrogen) atoms. The quantitative estimate of drug-likeness (QED) is 0.628. The number of hydrogen-bond donors (Lipinski definition) is 3. The maximum absolute atomic E-state index is 12.7. The van der Waals surface area contributed by atoms with E-state index in [1.54, 1.807) is 72.8 Å². The van der Waals surface area contributed by atoms with Crippen molar-refractivity contribution in [3.8, 4) is 0 Å². The number of benzene rings is 3. The van der Waals surface area contributed by atoms with E-state index in [0.717, 1.165) is 0 Å². The van der Waals surface area contributed by atoms with E-state index in [0.29, 0.717) is 28.2 Å². The van der Waals surface area contributed by atoms with Crippen LogP contribution < -0.4 is 16.0 Å². The number of amides is 3. The number of anilines is 3. The first-order valence-electron chi connectivity index (χ1n) is 8.67. The lowest BCUT2D eigenvalue weighted by Crippen LogP contribution is -2.18. The zero-order valence-electron chi connectivity index (χ0n) is 15.2. The fraction of sp³-hybridized carbons (Fsp3) is 0.0455. The first kappa shape index (κ1) is 18.8. The molecule has 3 N–H and O–H groups in total. The second-order valence-corrected chi connectivity index (χ2v) is 6.08. The molecule has 0 aliphatic heterocycles. The van der Waals surface area contributed by atoms with Crippen LogP contribution in [0, 0.1) is 0 Å². The van der Waals surface area contributed by atoms with Crippen LogP contribution in [0.3, 0.4) is 0 Å². The van der Waals surface area contributed by atoms with E-state index in [9.17, 15) is 14.4 Å². The van der Waals surface area contributed by atoms with Crippen molar-refractivity contribution in [3.05, 3.63) is 90.0 Å². The van der Waals surface area contributed by atoms with Gasteiger partial charge in [-0.25, -0.2) is 0 Å². The zero-order valence-corrected chi connectivity index (χ0v) is 15.2. The first-order valence-corrected chi connectivity index (χ1v) is 8.67. The number of para-hydroxylation sites is 1. The largest absolute Gasteiger partial charge is 0.326 e. The number of rotatable bonds is 5. The van der Waals surface area contributed by atoms with Crippen LogP contribution in [-0.2, 0) is 4.79 Å². The maximum atomic E-state index is 12.7. The van der Waals surface area contributed by atoms with Crippen molar-refractivity contribution >= 4 is 34.8 Å². The van der Waals surface area contributed by atoms with Gasteiger partial charge >= 0.3 is 0 Å². The van der Waals surface area contributed by atoms with Gasteiger partial charge in [-0.2, -0.15) is 0 Å². The lowest BCUT2D eigenvalue weighted by molar-refractivity contribution is -0.114. The molecule has 0 aliphatic carbocycles. The van der Waals surface area contributed by atoms with E-state index in [4.69, 9.17) is 0 Å². The normalized spacial score (nSPS) is 10.0. The van der Waals surface area contributed by atoms with Crippen LogP contribution in [0.25, 0.3) is 0 Å². The van der Waals surface area contributed by atoms with Crippen molar-refractivity contribution in [2.75, 3.05) is 16.0 Å². The lowest BCUT2D eigenvalue weighted by Gasteiger charge is -2.12. The zero-order chi connectivity index (χ0) is 19.9. The summed E-state index contributed by atoms with van der Waals surface area (Å²) in [6.07, 6.45) is 0. The fourth-order valence-electron chi connectivity index (χ4n) is 2.61. The minimum absolute atomic E-state index is 0.167. The molecule has 0 heterocycles. The third-order valence-electron chi connectivity index (χ3n) is 3.92. The molecular formula is C22H19N3O3. The molecule has 0 spiro atoms. The van der Waals surface area contributed by atoms with Gasteiger partial charge in [0.1, 0.15) is 0 Å². The minimum atomic E-state index is -0.351. The van der Waals surface area contributed by atoms with Gasteiger partial charge < -0.3 is 16.0 Å². The summed E-state index contributed by atoms with van der Waals surface area (Å²) in [6, 6.07) is 22.3. The van der Waals surface area contributed by atoms with E-state index in [-0.39, 0.29) is 17.7 Å². The Bertz CT molecular complexity index is 999. The van der Waals surface area contributed by atoms with Crippen molar-refractivity contribution in [2.45, 2.75) is 6.92 Å². The molecule has 0 saturated heterocycles. The van der Waals surface area contributed by atoms with Crippen LogP contribution in [0.1, 0.15) is 27.6 Å². The van der Waals surface area contributed by atoms with E-state index < -0.39 is 0 Å². The van der Waals surface area contributed by atoms with Gasteiger partial charge in [-0.15, -0.1) is 0 Å². The Balaban J connectivity index is 1.74. The van der Waals surface area contributed by atoms with Gasteiger partial charge in [0, 0.05) is 23.9 Å². The predicted octanol–water partition coefficient (Wildman–Crippen LogP) is 4.15. The third kappa shape index (κ3) is 4.82. The Morgan fingerprint density at radius 3 is 1.82 bits per heavy atom. The molecule has 0 aliphatic rings. The van der Waals surface area contributed by atoms with Crippen molar-refractivity contribution in [2.24, 2.45) is 0 Å². The van der Waals surface area contributed by atoms with Crippen LogP contribution in [-0.4, -0.2) is 17.7 Å². The SMILES string of the molecule is CC(=O)Nc1ccc(NC(=O)c2ccccc2NC(=O)c2ccccc2)cc1. The maximum Gasteiger partial charge on any atom is 0.257 e. The molecule has 140 valence electrons. The Hall–Kier alpha value is -3.93. The monoisotopic (exact) mass is 373 g/mol. The molecular weight excluding hydrogens is 354 g/mol. The van der Waals surface area contributed by atoms with Crippen LogP contribution in [0.2, 0.25) is 0 Å². The smallest absolute Gasteiger partial charge is 0.257 e. The minimum Gasteiger partial charge on any atom is -0.326 e. The molecule has 0 atom stereocenters. The molecule has 6 heteroatoms. The van der Waals surface area contributed by atoms with E-state index >= 15 is 0 Å². The summed E-state index contributed by atoms with van der Waals surface area (Å²) >= 11 is 0. The summed E-state index contributed by atoms with van der Waals surface area (Å²) in [5.74, 6) is -0.809. The van der Waals surface area contributed by atoms with Crippen molar-refractivity contribution < 1.29 is 14.4 Å². The fourth-order valence-corrected chi connectivity index (χ4v) is 2.61. The van der Waals surface area contributed by atoms with Gasteiger partial charge in [0.25, 0.3) is 11.8 Å². The average molecular weight is 373 g/mol. The molecule has 0 unspecified atom stereocenters. The van der Waals surface area contributed by atoms with Gasteiger partial charge in [-0.3, -0.25) is 14.4 Å². The lowest BCUT2D eigenvalue weighted by atomic mass is 10.1. The van der Waals surface area contributed by atoms with Crippen LogP contribution in [0.5, 0.6) is 0 Å². The summed E-state index contributed by atoms with van der Waals surface area (Å²) < 4.78 is 0. The molecule has 3 aromatic rings. The Morgan fingerprint density at radius 1 is 0.607 bits per heavy atom. The van der Waals surface area contributed by atoms with Gasteiger partial charge in [0.15, 0.2) is 0 Å². The van der Waals surface area contributed by atoms with E-state index in [1.165, 1.54) is 6.92 Å². The molecule has 0 aromatic heterocycles. The Labute approximate surface area is 162 Å². The molecule has 0 fully saturated rings. The second kappa shape index (κ2) is 8.64. The summed E-state index contributed by atoms with van der Waals surface area (Å²) in [7, 11) is 0. The van der Waals surface area contributed by atoms with Gasteiger partial charge in [-0.1, -0.05) is 30.3 Å². The summed E-state index contributed by atoms with van der Waals surface area (Å²) in [6.45, 7) is 1.43. The van der Waals surface area contributed by atoms with Gasteiger partial charge in [-0.05, 0) is 48.5 Å². The Kier molecular flexibility index (Phi) is 5.81. The first-order chi connectivity index (χ1) is 13.5. The van der Waals surface area contributed by atoms with E-state index in [1.807, 2.05) is 6.07 Å². The molecule has 3 amide bonds. The average Bonchev–Trinajstić information content (AvgIpc) is 2.70. The number of carbonyl (C=O) groups excluding carboxylic acids is 3. The number of carbonyl (C=O) groups is 3. The summed E-state index contributed by atoms with van der Waals surface area (Å²) in [4.78, 5) is 36.2. The van der Waals surface area contributed by atoms with Crippen molar-refractivity contribution in [1.82, 2.24) is 0 Å². The third-order valence-corrected chi connectivity index (χ3v) is 3.92. The van der Waals surface area contributed by atoms with Crippen LogP contribution >= 0.6 is 0 Å². The van der Waals surface area contributed by atoms with E-state index in [2.05, 4.69) is 16.0 Å². The second-order valence-electron chi connectivity index (χ2n) is 6.08. The molecule has 3 rings (SSSR count). The van der Waals surface area contributed by atoms with Gasteiger partial charge in [0.05, 0.1) is 11.3 Å². The molecule has 3 aromatic carbocycles. The van der Waals surface area contributed by atoms with Gasteiger partial charge in [0.2, 0.25) is 5.91 Å². The highest BCUT2D eigenvalue weighted by Crippen LogP contribution is 2.19. The molecule has 0 bridgehead atoms. The highest BCUT2D eigenvalue weighted by molar-refractivity contribution is 6.12. The predicted molar refractivity (Wildman–Crippen MR) is 110 cm³/mol. The van der Waals surface area contributed by atoms with Crippen molar-refractivity contribution in [1.29, 1.82) is 0 Å². The number of nitrogens with one attached hydrogen (secondary N) is 3. The Morgan fingerprint density at radius 2 is 1.18 bits per heavy atom. The molecule has 6 nitrogen and oxygen atoms in total. The van der Waals surface area contributed by atoms with Crippen molar-refractivity contribution in [3.63, 3.8) is 0 Å². The summed E-state index contributed by atoms with van der Waals surface area (Å²) in [5, 5.41) is 8.23. The topological polar surface area (TPSA) is 87.3 Å². The van der Waals surface area contributed by atoms with Crippen LogP contribution in [0.15, 0.2) is 78.9 Å². The highest BCUT2D eigenvalue weighted by atomic mass is 16.2. The number of hydrogen-bond acceptors (Lipinski definition) is 3. The molecule has 0 saturated carbocycles. The molecule has 0 radical (unpaired) electrons. The van der Waals surface area contributed by atoms with Crippen LogP contribution in [0.4, 0.5) is 17.1 Å². The highest BCUT2D eigenvalue weighted by Gasteiger charge is 2.14. The summed E-state index contributed by atoms with van der Waals surface area (Å²) in [5.41, 5.74) is 2.48.